The van der Waals surface area contributed by atoms with Gasteiger partial charge in [-0.15, -0.1) is 0 Å². The van der Waals surface area contributed by atoms with Crippen LogP contribution in [0.1, 0.15) is 42.1 Å². The van der Waals surface area contributed by atoms with Crippen LogP contribution < -0.4 is 9.64 Å². The standard InChI is InChI=1S/C24H29N3O2S/c1-3-4-5-16-29-20-10-7-9-19(17-20)23(28)26-12-14-27(15-13-26)24-25-22-18(2)8-6-11-21(22)30-24/h6-11,17H,3-5,12-16H2,1-2H3. The molecule has 1 fully saturated rings. The van der Waals surface area contributed by atoms with Crippen LogP contribution in [-0.4, -0.2) is 48.6 Å². The summed E-state index contributed by atoms with van der Waals surface area (Å²) in [6.45, 7) is 7.99. The first-order valence-electron chi connectivity index (χ1n) is 10.8. The third kappa shape index (κ3) is 4.59. The van der Waals surface area contributed by atoms with Crippen molar-refractivity contribution in [3.8, 4) is 5.75 Å². The fourth-order valence-corrected chi connectivity index (χ4v) is 4.85. The molecule has 0 radical (unpaired) electrons. The normalized spacial score (nSPS) is 14.3. The van der Waals surface area contributed by atoms with Gasteiger partial charge in [-0.3, -0.25) is 4.79 Å². The summed E-state index contributed by atoms with van der Waals surface area (Å²) in [7, 11) is 0. The monoisotopic (exact) mass is 423 g/mol. The van der Waals surface area contributed by atoms with Gasteiger partial charge in [0.15, 0.2) is 5.13 Å². The minimum atomic E-state index is 0.0776. The molecule has 1 aromatic heterocycles. The highest BCUT2D eigenvalue weighted by atomic mass is 32.1. The minimum absolute atomic E-state index is 0.0776. The predicted octanol–water partition coefficient (Wildman–Crippen LogP) is 5.14. The van der Waals surface area contributed by atoms with Crippen LogP contribution in [0.25, 0.3) is 10.2 Å². The van der Waals surface area contributed by atoms with E-state index < -0.39 is 0 Å². The molecule has 4 rings (SSSR count). The van der Waals surface area contributed by atoms with Crippen molar-refractivity contribution in [2.45, 2.75) is 33.1 Å². The molecule has 0 spiro atoms. The van der Waals surface area contributed by atoms with E-state index in [-0.39, 0.29) is 5.91 Å². The van der Waals surface area contributed by atoms with E-state index in [2.05, 4.69) is 36.9 Å². The minimum Gasteiger partial charge on any atom is -0.494 e. The highest BCUT2D eigenvalue weighted by Crippen LogP contribution is 2.31. The number of aromatic nitrogens is 1. The lowest BCUT2D eigenvalue weighted by molar-refractivity contribution is 0.0746. The maximum absolute atomic E-state index is 13.0. The van der Waals surface area contributed by atoms with Crippen LogP contribution >= 0.6 is 11.3 Å². The second-order valence-corrected chi connectivity index (χ2v) is 8.79. The first-order valence-corrected chi connectivity index (χ1v) is 11.6. The second kappa shape index (κ2) is 9.47. The Morgan fingerprint density at radius 1 is 1.10 bits per heavy atom. The number of benzene rings is 2. The number of carbonyl (C=O) groups excluding carboxylic acids is 1. The van der Waals surface area contributed by atoms with Gasteiger partial charge in [0.1, 0.15) is 5.75 Å². The smallest absolute Gasteiger partial charge is 0.254 e. The molecule has 158 valence electrons. The number of hydrogen-bond acceptors (Lipinski definition) is 5. The zero-order valence-electron chi connectivity index (χ0n) is 17.8. The molecule has 5 nitrogen and oxygen atoms in total. The Kier molecular flexibility index (Phi) is 6.53. The summed E-state index contributed by atoms with van der Waals surface area (Å²) in [5.74, 6) is 0.856. The fourth-order valence-electron chi connectivity index (χ4n) is 3.75. The molecule has 3 aromatic rings. The van der Waals surface area contributed by atoms with Crippen molar-refractivity contribution in [2.24, 2.45) is 0 Å². The molecule has 1 aliphatic rings. The third-order valence-electron chi connectivity index (χ3n) is 5.54. The Balaban J connectivity index is 1.36. The van der Waals surface area contributed by atoms with Crippen LogP contribution in [0.15, 0.2) is 42.5 Å². The van der Waals surface area contributed by atoms with E-state index in [0.717, 1.165) is 42.3 Å². The molecule has 2 aromatic carbocycles. The summed E-state index contributed by atoms with van der Waals surface area (Å²) in [4.78, 5) is 22.1. The number of rotatable bonds is 7. The number of anilines is 1. The van der Waals surface area contributed by atoms with Crippen LogP contribution in [0.3, 0.4) is 0 Å². The van der Waals surface area contributed by atoms with Gasteiger partial charge in [-0.2, -0.15) is 0 Å². The second-order valence-electron chi connectivity index (χ2n) is 7.78. The number of hydrogen-bond donors (Lipinski definition) is 0. The molecule has 6 heteroatoms. The quantitative estimate of drug-likeness (QED) is 0.494. The number of nitrogens with zero attached hydrogens (tertiary/aromatic N) is 3. The summed E-state index contributed by atoms with van der Waals surface area (Å²) in [6.07, 6.45) is 3.38. The zero-order valence-corrected chi connectivity index (χ0v) is 18.6. The number of amides is 1. The molecule has 0 N–H and O–H groups in total. The molecule has 0 atom stereocenters. The van der Waals surface area contributed by atoms with Gasteiger partial charge in [-0.1, -0.05) is 49.3 Å². The number of fused-ring (bicyclic) bond motifs is 1. The van der Waals surface area contributed by atoms with Crippen LogP contribution in [0.4, 0.5) is 5.13 Å². The van der Waals surface area contributed by atoms with Gasteiger partial charge in [0.05, 0.1) is 16.8 Å². The van der Waals surface area contributed by atoms with Crippen molar-refractivity contribution < 1.29 is 9.53 Å². The molecule has 0 bridgehead atoms. The maximum Gasteiger partial charge on any atom is 0.254 e. The van der Waals surface area contributed by atoms with E-state index in [1.807, 2.05) is 29.2 Å². The van der Waals surface area contributed by atoms with E-state index in [1.165, 1.54) is 16.7 Å². The zero-order chi connectivity index (χ0) is 20.9. The largest absolute Gasteiger partial charge is 0.494 e. The van der Waals surface area contributed by atoms with Crippen molar-refractivity contribution in [3.63, 3.8) is 0 Å². The Labute approximate surface area is 182 Å². The van der Waals surface area contributed by atoms with E-state index in [4.69, 9.17) is 9.72 Å². The van der Waals surface area contributed by atoms with Crippen molar-refractivity contribution in [1.29, 1.82) is 0 Å². The van der Waals surface area contributed by atoms with Gasteiger partial charge in [-0.05, 0) is 43.2 Å². The first-order chi connectivity index (χ1) is 14.7. The predicted molar refractivity (Wildman–Crippen MR) is 124 cm³/mol. The molecular formula is C24H29N3O2S. The lowest BCUT2D eigenvalue weighted by atomic mass is 10.1. The molecular weight excluding hydrogens is 394 g/mol. The Hall–Kier alpha value is -2.60. The number of carbonyl (C=O) groups is 1. The molecule has 30 heavy (non-hydrogen) atoms. The van der Waals surface area contributed by atoms with Crippen molar-refractivity contribution >= 4 is 32.6 Å². The number of ether oxygens (including phenoxy) is 1. The van der Waals surface area contributed by atoms with E-state index >= 15 is 0 Å². The molecule has 2 heterocycles. The molecule has 0 aliphatic carbocycles. The number of para-hydroxylation sites is 1. The summed E-state index contributed by atoms with van der Waals surface area (Å²) < 4.78 is 7.04. The summed E-state index contributed by atoms with van der Waals surface area (Å²) >= 11 is 1.73. The van der Waals surface area contributed by atoms with Crippen molar-refractivity contribution in [2.75, 3.05) is 37.7 Å². The van der Waals surface area contributed by atoms with Gasteiger partial charge in [0, 0.05) is 31.7 Å². The van der Waals surface area contributed by atoms with Crippen molar-refractivity contribution in [1.82, 2.24) is 9.88 Å². The van der Waals surface area contributed by atoms with E-state index in [9.17, 15) is 4.79 Å². The Bertz CT molecular complexity index is 1010. The van der Waals surface area contributed by atoms with Gasteiger partial charge in [0.25, 0.3) is 5.91 Å². The summed E-state index contributed by atoms with van der Waals surface area (Å²) in [5, 5.41) is 1.05. The van der Waals surface area contributed by atoms with Gasteiger partial charge in [0.2, 0.25) is 0 Å². The topological polar surface area (TPSA) is 45.7 Å². The fraction of sp³-hybridized carbons (Fsp3) is 0.417. The van der Waals surface area contributed by atoms with Gasteiger partial charge in [-0.25, -0.2) is 4.98 Å². The van der Waals surface area contributed by atoms with Crippen molar-refractivity contribution in [3.05, 3.63) is 53.6 Å². The van der Waals surface area contributed by atoms with Gasteiger partial charge < -0.3 is 14.5 Å². The van der Waals surface area contributed by atoms with Crippen LogP contribution in [-0.2, 0) is 0 Å². The van der Waals surface area contributed by atoms with Crippen LogP contribution in [0, 0.1) is 6.92 Å². The van der Waals surface area contributed by atoms with Gasteiger partial charge >= 0.3 is 0 Å². The van der Waals surface area contributed by atoms with E-state index in [0.29, 0.717) is 25.3 Å². The average Bonchev–Trinajstić information content (AvgIpc) is 3.22. The first kappa shape index (κ1) is 20.7. The number of piperazine rings is 1. The lowest BCUT2D eigenvalue weighted by Crippen LogP contribution is -2.48. The average molecular weight is 424 g/mol. The molecule has 1 saturated heterocycles. The lowest BCUT2D eigenvalue weighted by Gasteiger charge is -2.34. The molecule has 0 saturated carbocycles. The summed E-state index contributed by atoms with van der Waals surface area (Å²) in [5.41, 5.74) is 3.00. The van der Waals surface area contributed by atoms with E-state index in [1.54, 1.807) is 11.3 Å². The number of thiazole rings is 1. The third-order valence-corrected chi connectivity index (χ3v) is 6.63. The maximum atomic E-state index is 13.0. The summed E-state index contributed by atoms with van der Waals surface area (Å²) in [6, 6.07) is 13.9. The number of unbranched alkanes of at least 4 members (excludes halogenated alkanes) is 2. The van der Waals surface area contributed by atoms with Crippen LogP contribution in [0.2, 0.25) is 0 Å². The highest BCUT2D eigenvalue weighted by molar-refractivity contribution is 7.22. The molecule has 1 amide bonds. The SMILES string of the molecule is CCCCCOc1cccc(C(=O)N2CCN(c3nc4c(C)cccc4s3)CC2)c1. The molecule has 1 aliphatic heterocycles. The Morgan fingerprint density at radius 3 is 2.67 bits per heavy atom. The molecule has 0 unspecified atom stereocenters. The Morgan fingerprint density at radius 2 is 1.90 bits per heavy atom. The van der Waals surface area contributed by atoms with Crippen LogP contribution in [0.5, 0.6) is 5.75 Å². The number of aryl methyl sites for hydroxylation is 1. The highest BCUT2D eigenvalue weighted by Gasteiger charge is 2.24.